The first-order valence-electron chi connectivity index (χ1n) is 7.58. The van der Waals surface area contributed by atoms with Crippen LogP contribution >= 0.6 is 0 Å². The van der Waals surface area contributed by atoms with Crippen LogP contribution in [0.3, 0.4) is 0 Å². The van der Waals surface area contributed by atoms with Crippen molar-refractivity contribution < 1.29 is 0 Å². The third kappa shape index (κ3) is 3.05. The van der Waals surface area contributed by atoms with Crippen molar-refractivity contribution in [3.05, 3.63) is 0 Å². The van der Waals surface area contributed by atoms with Crippen molar-refractivity contribution in [3.63, 3.8) is 0 Å². The third-order valence-corrected chi connectivity index (χ3v) is 4.44. The zero-order chi connectivity index (χ0) is 13.1. The Morgan fingerprint density at radius 2 is 1.72 bits per heavy atom. The molecule has 0 spiro atoms. The second-order valence-corrected chi connectivity index (χ2v) is 6.37. The van der Waals surface area contributed by atoms with Gasteiger partial charge in [-0.3, -0.25) is 9.89 Å². The van der Waals surface area contributed by atoms with E-state index in [1.54, 1.807) is 0 Å². The van der Waals surface area contributed by atoms with Gasteiger partial charge in [0.15, 0.2) is 0 Å². The van der Waals surface area contributed by atoms with Crippen LogP contribution in [0, 0.1) is 5.92 Å². The first kappa shape index (κ1) is 13.9. The second-order valence-electron chi connectivity index (χ2n) is 6.37. The monoisotopic (exact) mass is 251 g/mol. The molecular weight excluding hydrogens is 222 g/mol. The van der Waals surface area contributed by atoms with Crippen LogP contribution in [0.15, 0.2) is 4.99 Å². The van der Waals surface area contributed by atoms with Crippen LogP contribution in [-0.2, 0) is 0 Å². The van der Waals surface area contributed by atoms with E-state index in [0.717, 1.165) is 13.1 Å². The molecule has 18 heavy (non-hydrogen) atoms. The fraction of sp³-hybridized carbons (Fsp3) is 0.933. The lowest BCUT2D eigenvalue weighted by Gasteiger charge is -2.42. The summed E-state index contributed by atoms with van der Waals surface area (Å²) in [5.74, 6) is 1.98. The van der Waals surface area contributed by atoms with Gasteiger partial charge in [-0.05, 0) is 25.8 Å². The summed E-state index contributed by atoms with van der Waals surface area (Å²) in [7, 11) is 4.46. The molecular formula is C15H29N3. The molecule has 2 aliphatic rings. The number of amidine groups is 1. The smallest absolute Gasteiger partial charge is 0.117 e. The van der Waals surface area contributed by atoms with Crippen LogP contribution in [-0.4, -0.2) is 54.9 Å². The second kappa shape index (κ2) is 6.05. The highest BCUT2D eigenvalue weighted by Gasteiger charge is 2.31. The predicted molar refractivity (Wildman–Crippen MR) is 78.2 cm³/mol. The Bertz CT molecular complexity index is 292. The lowest BCUT2D eigenvalue weighted by atomic mass is 9.94. The first-order valence-corrected chi connectivity index (χ1v) is 7.58. The Morgan fingerprint density at radius 1 is 1.06 bits per heavy atom. The molecule has 0 amide bonds. The van der Waals surface area contributed by atoms with Crippen molar-refractivity contribution in [1.29, 1.82) is 0 Å². The van der Waals surface area contributed by atoms with Gasteiger partial charge in [0.25, 0.3) is 0 Å². The number of rotatable bonds is 2. The Kier molecular flexibility index (Phi) is 4.66. The molecule has 1 heterocycles. The molecule has 1 saturated heterocycles. The number of nitrogens with zero attached hydrogens (tertiary/aromatic N) is 3. The van der Waals surface area contributed by atoms with Gasteiger partial charge in [-0.15, -0.1) is 0 Å². The summed E-state index contributed by atoms with van der Waals surface area (Å²) in [6.45, 7) is 6.90. The van der Waals surface area contributed by atoms with Crippen molar-refractivity contribution >= 4 is 5.84 Å². The standard InChI is InChI=1S/C15H29N3/c1-12(2)14-15(18(4)11-10-17(14)3)16-13-8-6-5-7-9-13/h12-14H,5-11H2,1-4H3. The van der Waals surface area contributed by atoms with E-state index in [1.165, 1.54) is 37.9 Å². The molecule has 1 atom stereocenters. The van der Waals surface area contributed by atoms with Crippen LogP contribution in [0.1, 0.15) is 46.0 Å². The maximum absolute atomic E-state index is 5.13. The summed E-state index contributed by atoms with van der Waals surface area (Å²) >= 11 is 0. The maximum Gasteiger partial charge on any atom is 0.117 e. The number of piperazine rings is 1. The summed E-state index contributed by atoms with van der Waals surface area (Å²) in [6, 6.07) is 1.09. The molecule has 2 rings (SSSR count). The van der Waals surface area contributed by atoms with Crippen LogP contribution in [0.4, 0.5) is 0 Å². The van der Waals surface area contributed by atoms with Crippen LogP contribution in [0.2, 0.25) is 0 Å². The fourth-order valence-electron chi connectivity index (χ4n) is 3.36. The van der Waals surface area contributed by atoms with Gasteiger partial charge in [0.1, 0.15) is 5.84 Å². The van der Waals surface area contributed by atoms with E-state index in [2.05, 4.69) is 37.7 Å². The number of aliphatic imine (C=N–C) groups is 1. The van der Waals surface area contributed by atoms with Gasteiger partial charge in [-0.1, -0.05) is 33.1 Å². The number of hydrogen-bond acceptors (Lipinski definition) is 2. The van der Waals surface area contributed by atoms with Gasteiger partial charge in [-0.25, -0.2) is 0 Å². The van der Waals surface area contributed by atoms with E-state index in [1.807, 2.05) is 0 Å². The van der Waals surface area contributed by atoms with Crippen molar-refractivity contribution in [3.8, 4) is 0 Å². The molecule has 0 aromatic heterocycles. The zero-order valence-corrected chi connectivity index (χ0v) is 12.5. The highest BCUT2D eigenvalue weighted by atomic mass is 15.3. The predicted octanol–water partition coefficient (Wildman–Crippen LogP) is 2.62. The molecule has 1 saturated carbocycles. The van der Waals surface area contributed by atoms with E-state index in [4.69, 9.17) is 4.99 Å². The normalized spacial score (nSPS) is 30.4. The average Bonchev–Trinajstić information content (AvgIpc) is 2.35. The van der Waals surface area contributed by atoms with Crippen LogP contribution < -0.4 is 0 Å². The molecule has 2 fully saturated rings. The molecule has 104 valence electrons. The molecule has 1 unspecified atom stereocenters. The van der Waals surface area contributed by atoms with E-state index >= 15 is 0 Å². The third-order valence-electron chi connectivity index (χ3n) is 4.44. The van der Waals surface area contributed by atoms with Gasteiger partial charge in [0, 0.05) is 20.1 Å². The molecule has 1 aliphatic carbocycles. The van der Waals surface area contributed by atoms with E-state index < -0.39 is 0 Å². The summed E-state index contributed by atoms with van der Waals surface area (Å²) < 4.78 is 0. The molecule has 3 nitrogen and oxygen atoms in total. The summed E-state index contributed by atoms with van der Waals surface area (Å²) in [5, 5.41) is 0. The Morgan fingerprint density at radius 3 is 2.33 bits per heavy atom. The number of hydrogen-bond donors (Lipinski definition) is 0. The first-order chi connectivity index (χ1) is 8.59. The molecule has 0 N–H and O–H groups in total. The zero-order valence-electron chi connectivity index (χ0n) is 12.5. The summed E-state index contributed by atoms with van der Waals surface area (Å²) in [4.78, 5) is 10.00. The minimum absolute atomic E-state index is 0.505. The van der Waals surface area contributed by atoms with E-state index in [9.17, 15) is 0 Å². The SMILES string of the molecule is CC(C)C1C(=NC2CCCCC2)N(C)CCN1C. The van der Waals surface area contributed by atoms with Gasteiger partial charge < -0.3 is 4.90 Å². The molecule has 1 aliphatic heterocycles. The van der Waals surface area contributed by atoms with Gasteiger partial charge >= 0.3 is 0 Å². The molecule has 0 radical (unpaired) electrons. The number of likely N-dealkylation sites (N-methyl/N-ethyl adjacent to an activating group) is 2. The lowest BCUT2D eigenvalue weighted by Crippen LogP contribution is -2.56. The average molecular weight is 251 g/mol. The highest BCUT2D eigenvalue weighted by molar-refractivity contribution is 5.88. The highest BCUT2D eigenvalue weighted by Crippen LogP contribution is 2.24. The topological polar surface area (TPSA) is 18.8 Å². The van der Waals surface area contributed by atoms with E-state index in [-0.39, 0.29) is 0 Å². The summed E-state index contributed by atoms with van der Waals surface area (Å²) in [5.41, 5.74) is 0. The summed E-state index contributed by atoms with van der Waals surface area (Å²) in [6.07, 6.45) is 6.74. The van der Waals surface area contributed by atoms with Gasteiger partial charge in [0.2, 0.25) is 0 Å². The van der Waals surface area contributed by atoms with E-state index in [0.29, 0.717) is 18.0 Å². The van der Waals surface area contributed by atoms with Crippen molar-refractivity contribution in [2.45, 2.75) is 58.0 Å². The van der Waals surface area contributed by atoms with Crippen LogP contribution in [0.5, 0.6) is 0 Å². The molecule has 0 bridgehead atoms. The Balaban J connectivity index is 2.16. The fourth-order valence-corrected chi connectivity index (χ4v) is 3.36. The molecule has 3 heteroatoms. The minimum Gasteiger partial charge on any atom is -0.361 e. The lowest BCUT2D eigenvalue weighted by molar-refractivity contribution is 0.185. The Hall–Kier alpha value is -0.570. The van der Waals surface area contributed by atoms with Gasteiger partial charge in [-0.2, -0.15) is 0 Å². The van der Waals surface area contributed by atoms with Crippen molar-refractivity contribution in [2.24, 2.45) is 10.9 Å². The van der Waals surface area contributed by atoms with Crippen molar-refractivity contribution in [2.75, 3.05) is 27.2 Å². The minimum atomic E-state index is 0.505. The van der Waals surface area contributed by atoms with Crippen LogP contribution in [0.25, 0.3) is 0 Å². The maximum atomic E-state index is 5.13. The molecule has 0 aromatic rings. The van der Waals surface area contributed by atoms with Gasteiger partial charge in [0.05, 0.1) is 12.1 Å². The quantitative estimate of drug-likeness (QED) is 0.751. The largest absolute Gasteiger partial charge is 0.361 e. The molecule has 0 aromatic carbocycles. The Labute approximate surface area is 112 Å². The van der Waals surface area contributed by atoms with Crippen molar-refractivity contribution in [1.82, 2.24) is 9.80 Å².